The van der Waals surface area contributed by atoms with Gasteiger partial charge in [0.2, 0.25) is 0 Å². The predicted octanol–water partition coefficient (Wildman–Crippen LogP) is 4.24. The summed E-state index contributed by atoms with van der Waals surface area (Å²) in [7, 11) is 0. The molecule has 1 amide bonds. The van der Waals surface area contributed by atoms with Gasteiger partial charge in [0.1, 0.15) is 5.82 Å². The Balaban J connectivity index is 1.13. The molecule has 2 heterocycles. The van der Waals surface area contributed by atoms with E-state index in [2.05, 4.69) is 20.4 Å². The van der Waals surface area contributed by atoms with Crippen LogP contribution in [0.1, 0.15) is 29.6 Å². The first-order chi connectivity index (χ1) is 15.1. The maximum Gasteiger partial charge on any atom is 0.411 e. The van der Waals surface area contributed by atoms with E-state index >= 15 is 0 Å². The summed E-state index contributed by atoms with van der Waals surface area (Å²) in [6.45, 7) is 2.79. The highest BCUT2D eigenvalue weighted by molar-refractivity contribution is 5.97. The molecule has 0 atom stereocenters. The van der Waals surface area contributed by atoms with Gasteiger partial charge in [-0.05, 0) is 74.8 Å². The van der Waals surface area contributed by atoms with Gasteiger partial charge in [0, 0.05) is 29.1 Å². The van der Waals surface area contributed by atoms with Gasteiger partial charge in [0.25, 0.3) is 0 Å². The van der Waals surface area contributed by atoms with Crippen molar-refractivity contribution < 1.29 is 18.7 Å². The first kappa shape index (κ1) is 21.0. The van der Waals surface area contributed by atoms with E-state index in [0.29, 0.717) is 17.9 Å². The minimum atomic E-state index is -0.480. The van der Waals surface area contributed by atoms with Crippen molar-refractivity contribution in [3.8, 4) is 0 Å². The van der Waals surface area contributed by atoms with Crippen LogP contribution >= 0.6 is 0 Å². The molecule has 2 N–H and O–H groups in total. The number of hydrogen-bond donors (Lipinski definition) is 2. The maximum absolute atomic E-state index is 13.0. The molecule has 1 aliphatic heterocycles. The van der Waals surface area contributed by atoms with Crippen LogP contribution in [0.25, 0.3) is 10.9 Å². The lowest BCUT2D eigenvalue weighted by Crippen LogP contribution is -2.37. The molecule has 0 saturated carbocycles. The van der Waals surface area contributed by atoms with Crippen LogP contribution in [0, 0.1) is 11.7 Å². The van der Waals surface area contributed by atoms with Crippen molar-refractivity contribution in [3.05, 3.63) is 60.0 Å². The van der Waals surface area contributed by atoms with Crippen molar-refractivity contribution in [2.45, 2.75) is 19.3 Å². The van der Waals surface area contributed by atoms with Crippen LogP contribution in [0.3, 0.4) is 0 Å². The van der Waals surface area contributed by atoms with Gasteiger partial charge < -0.3 is 9.64 Å². The number of ketones is 1. The molecule has 162 valence electrons. The third-order valence-electron chi connectivity index (χ3n) is 5.63. The zero-order valence-electron chi connectivity index (χ0n) is 17.1. The Labute approximate surface area is 179 Å². The fourth-order valence-corrected chi connectivity index (χ4v) is 3.90. The quantitative estimate of drug-likeness (QED) is 0.438. The SMILES string of the molecule is O=C(Nc1ccc2[nH]ncc2c1)OCCCN1CCC(C(=O)c2ccc(F)cc2)CC1. The van der Waals surface area contributed by atoms with Gasteiger partial charge in [0.15, 0.2) is 5.78 Å². The molecule has 8 heteroatoms. The molecule has 0 bridgehead atoms. The molecule has 2 aromatic carbocycles. The van der Waals surface area contributed by atoms with Gasteiger partial charge in [-0.15, -0.1) is 0 Å². The lowest BCUT2D eigenvalue weighted by atomic mass is 9.89. The summed E-state index contributed by atoms with van der Waals surface area (Å²) in [6, 6.07) is 11.2. The number of Topliss-reactive ketones (excluding diaryl/α,β-unsaturated/α-hetero) is 1. The summed E-state index contributed by atoms with van der Waals surface area (Å²) in [5.74, 6) is -0.258. The van der Waals surface area contributed by atoms with Gasteiger partial charge in [-0.3, -0.25) is 15.2 Å². The Hall–Kier alpha value is -3.26. The van der Waals surface area contributed by atoms with Crippen LogP contribution in [0.5, 0.6) is 0 Å². The molecular formula is C23H25FN4O3. The van der Waals surface area contributed by atoms with E-state index in [1.807, 2.05) is 12.1 Å². The topological polar surface area (TPSA) is 87.3 Å². The number of carbonyl (C=O) groups excluding carboxylic acids is 2. The fourth-order valence-electron chi connectivity index (χ4n) is 3.90. The third kappa shape index (κ3) is 5.46. The van der Waals surface area contributed by atoms with Gasteiger partial charge in [0.05, 0.1) is 18.3 Å². The molecule has 7 nitrogen and oxygen atoms in total. The van der Waals surface area contributed by atoms with E-state index in [1.54, 1.807) is 24.4 Å². The van der Waals surface area contributed by atoms with Crippen LogP contribution in [-0.4, -0.2) is 53.2 Å². The van der Waals surface area contributed by atoms with E-state index in [4.69, 9.17) is 4.74 Å². The molecule has 0 aliphatic carbocycles. The molecule has 0 spiro atoms. The van der Waals surface area contributed by atoms with E-state index in [-0.39, 0.29) is 17.5 Å². The second-order valence-corrected chi connectivity index (χ2v) is 7.77. The number of aromatic nitrogens is 2. The minimum Gasteiger partial charge on any atom is -0.449 e. The van der Waals surface area contributed by atoms with E-state index in [9.17, 15) is 14.0 Å². The highest BCUT2D eigenvalue weighted by Crippen LogP contribution is 2.22. The van der Waals surface area contributed by atoms with Crippen molar-refractivity contribution >= 4 is 28.5 Å². The van der Waals surface area contributed by atoms with Crippen LogP contribution < -0.4 is 5.32 Å². The number of halogens is 1. The normalized spacial score (nSPS) is 15.1. The molecule has 0 unspecified atom stereocenters. The lowest BCUT2D eigenvalue weighted by molar-refractivity contribution is 0.0830. The first-order valence-corrected chi connectivity index (χ1v) is 10.5. The van der Waals surface area contributed by atoms with Crippen LogP contribution in [0.2, 0.25) is 0 Å². The van der Waals surface area contributed by atoms with Gasteiger partial charge >= 0.3 is 6.09 Å². The predicted molar refractivity (Wildman–Crippen MR) is 116 cm³/mol. The van der Waals surface area contributed by atoms with Crippen molar-refractivity contribution in [2.75, 3.05) is 31.6 Å². The number of ether oxygens (including phenoxy) is 1. The largest absolute Gasteiger partial charge is 0.449 e. The van der Waals surface area contributed by atoms with Crippen molar-refractivity contribution in [3.63, 3.8) is 0 Å². The molecule has 3 aromatic rings. The van der Waals surface area contributed by atoms with E-state index in [0.717, 1.165) is 49.8 Å². The van der Waals surface area contributed by atoms with E-state index in [1.165, 1.54) is 12.1 Å². The molecule has 1 saturated heterocycles. The number of amides is 1. The lowest BCUT2D eigenvalue weighted by Gasteiger charge is -2.31. The standard InChI is InChI=1S/C23H25FN4O3/c24-19-4-2-16(3-5-19)22(29)17-8-11-28(12-9-17)10-1-13-31-23(30)26-20-6-7-21-18(14-20)15-25-27-21/h2-7,14-15,17H,1,8-13H2,(H,25,27)(H,26,30). The molecule has 1 aliphatic rings. The summed E-state index contributed by atoms with van der Waals surface area (Å²) >= 11 is 0. The smallest absolute Gasteiger partial charge is 0.411 e. The number of fused-ring (bicyclic) bond motifs is 1. The highest BCUT2D eigenvalue weighted by Gasteiger charge is 2.25. The Morgan fingerprint density at radius 2 is 1.94 bits per heavy atom. The summed E-state index contributed by atoms with van der Waals surface area (Å²) in [4.78, 5) is 26.8. The fraction of sp³-hybridized carbons (Fsp3) is 0.348. The average Bonchev–Trinajstić information content (AvgIpc) is 3.25. The van der Waals surface area contributed by atoms with Gasteiger partial charge in [-0.25, -0.2) is 9.18 Å². The number of rotatable bonds is 7. The zero-order valence-corrected chi connectivity index (χ0v) is 17.1. The average molecular weight is 424 g/mol. The molecule has 4 rings (SSSR count). The number of nitrogens with zero attached hydrogens (tertiary/aromatic N) is 2. The number of anilines is 1. The number of nitrogens with one attached hydrogen (secondary N) is 2. The minimum absolute atomic E-state index is 0.0173. The molecule has 31 heavy (non-hydrogen) atoms. The highest BCUT2D eigenvalue weighted by atomic mass is 19.1. The number of hydrogen-bond acceptors (Lipinski definition) is 5. The zero-order chi connectivity index (χ0) is 21.6. The number of likely N-dealkylation sites (tertiary alicyclic amines) is 1. The van der Waals surface area contributed by atoms with Gasteiger partial charge in [-0.2, -0.15) is 5.10 Å². The van der Waals surface area contributed by atoms with Crippen LogP contribution in [0.4, 0.5) is 14.9 Å². The van der Waals surface area contributed by atoms with Gasteiger partial charge in [-0.1, -0.05) is 0 Å². The van der Waals surface area contributed by atoms with Crippen LogP contribution in [0.15, 0.2) is 48.7 Å². The summed E-state index contributed by atoms with van der Waals surface area (Å²) in [5, 5.41) is 10.5. The number of piperidine rings is 1. The number of benzene rings is 2. The van der Waals surface area contributed by atoms with Crippen molar-refractivity contribution in [1.29, 1.82) is 0 Å². The first-order valence-electron chi connectivity index (χ1n) is 10.5. The number of carbonyl (C=O) groups is 2. The van der Waals surface area contributed by atoms with Crippen molar-refractivity contribution in [2.24, 2.45) is 5.92 Å². The second-order valence-electron chi connectivity index (χ2n) is 7.77. The van der Waals surface area contributed by atoms with Crippen molar-refractivity contribution in [1.82, 2.24) is 15.1 Å². The summed E-state index contributed by atoms with van der Waals surface area (Å²) in [5.41, 5.74) is 2.14. The monoisotopic (exact) mass is 424 g/mol. The second kappa shape index (κ2) is 9.70. The number of aromatic amines is 1. The molecule has 1 fully saturated rings. The van der Waals surface area contributed by atoms with Crippen LogP contribution in [-0.2, 0) is 4.74 Å². The summed E-state index contributed by atoms with van der Waals surface area (Å²) < 4.78 is 18.3. The molecule has 0 radical (unpaired) electrons. The van der Waals surface area contributed by atoms with E-state index < -0.39 is 6.09 Å². The Morgan fingerprint density at radius 1 is 1.16 bits per heavy atom. The third-order valence-corrected chi connectivity index (χ3v) is 5.63. The molecule has 1 aromatic heterocycles. The molecular weight excluding hydrogens is 399 g/mol. The Kier molecular flexibility index (Phi) is 6.57. The maximum atomic E-state index is 13.0. The summed E-state index contributed by atoms with van der Waals surface area (Å²) in [6.07, 6.45) is 3.51. The Morgan fingerprint density at radius 3 is 2.71 bits per heavy atom. The number of H-pyrrole nitrogens is 1. The Bertz CT molecular complexity index is 1040.